The number of carboxylic acids is 1. The molecule has 18 heavy (non-hydrogen) atoms. The van der Waals surface area contributed by atoms with Crippen molar-refractivity contribution in [1.82, 2.24) is 4.90 Å². The van der Waals surface area contributed by atoms with Gasteiger partial charge in [-0.25, -0.2) is 4.39 Å². The standard InChI is InChI=1S/C14H18FNO2/c1-10-5-7-16(8-6-13(17)18)14(10)11-3-2-4-12(15)9-11/h2-4,9-10,14H,5-8H2,1H3,(H,17,18)/t10-,14+/m0/s1. The molecule has 2 atom stereocenters. The van der Waals surface area contributed by atoms with Crippen LogP contribution in [0.15, 0.2) is 24.3 Å². The van der Waals surface area contributed by atoms with Crippen LogP contribution in [0.3, 0.4) is 0 Å². The summed E-state index contributed by atoms with van der Waals surface area (Å²) in [4.78, 5) is 12.8. The fourth-order valence-corrected chi connectivity index (χ4v) is 2.75. The Morgan fingerprint density at radius 2 is 2.33 bits per heavy atom. The molecule has 4 heteroatoms. The summed E-state index contributed by atoms with van der Waals surface area (Å²) in [6.07, 6.45) is 1.17. The van der Waals surface area contributed by atoms with Gasteiger partial charge in [0.15, 0.2) is 0 Å². The number of halogens is 1. The number of rotatable bonds is 4. The van der Waals surface area contributed by atoms with Gasteiger partial charge in [-0.05, 0) is 36.6 Å². The van der Waals surface area contributed by atoms with Crippen molar-refractivity contribution in [2.45, 2.75) is 25.8 Å². The monoisotopic (exact) mass is 251 g/mol. The molecule has 1 aromatic rings. The molecule has 1 fully saturated rings. The van der Waals surface area contributed by atoms with Crippen LogP contribution in [0.2, 0.25) is 0 Å². The molecule has 1 aliphatic rings. The number of carbonyl (C=O) groups is 1. The van der Waals surface area contributed by atoms with E-state index in [1.165, 1.54) is 6.07 Å². The summed E-state index contributed by atoms with van der Waals surface area (Å²) in [5.41, 5.74) is 0.949. The van der Waals surface area contributed by atoms with Gasteiger partial charge in [-0.1, -0.05) is 19.1 Å². The molecule has 1 N–H and O–H groups in total. The Labute approximate surface area is 106 Å². The number of hydrogen-bond acceptors (Lipinski definition) is 2. The van der Waals surface area contributed by atoms with Gasteiger partial charge in [0.05, 0.1) is 6.42 Å². The maximum absolute atomic E-state index is 13.3. The minimum absolute atomic E-state index is 0.137. The van der Waals surface area contributed by atoms with Gasteiger partial charge in [-0.3, -0.25) is 9.69 Å². The number of likely N-dealkylation sites (tertiary alicyclic amines) is 1. The molecular formula is C14H18FNO2. The molecule has 1 aliphatic heterocycles. The van der Waals surface area contributed by atoms with E-state index >= 15 is 0 Å². The van der Waals surface area contributed by atoms with E-state index < -0.39 is 5.97 Å². The van der Waals surface area contributed by atoms with Gasteiger partial charge in [0.25, 0.3) is 0 Å². The van der Waals surface area contributed by atoms with Crippen LogP contribution in [-0.2, 0) is 4.79 Å². The highest BCUT2D eigenvalue weighted by atomic mass is 19.1. The SMILES string of the molecule is C[C@H]1CCN(CCC(=O)O)[C@H]1c1cccc(F)c1. The van der Waals surface area contributed by atoms with Crippen molar-refractivity contribution in [3.05, 3.63) is 35.6 Å². The molecule has 0 bridgehead atoms. The van der Waals surface area contributed by atoms with Gasteiger partial charge in [0.1, 0.15) is 5.82 Å². The van der Waals surface area contributed by atoms with Gasteiger partial charge in [0, 0.05) is 12.6 Å². The highest BCUT2D eigenvalue weighted by Gasteiger charge is 2.32. The Kier molecular flexibility index (Phi) is 3.97. The van der Waals surface area contributed by atoms with E-state index in [9.17, 15) is 9.18 Å². The predicted octanol–water partition coefficient (Wildman–Crippen LogP) is 2.68. The first-order valence-corrected chi connectivity index (χ1v) is 6.29. The van der Waals surface area contributed by atoms with E-state index in [2.05, 4.69) is 11.8 Å². The van der Waals surface area contributed by atoms with Crippen molar-refractivity contribution in [3.8, 4) is 0 Å². The van der Waals surface area contributed by atoms with E-state index in [1.54, 1.807) is 12.1 Å². The zero-order valence-electron chi connectivity index (χ0n) is 10.5. The molecule has 2 rings (SSSR count). The summed E-state index contributed by atoms with van der Waals surface area (Å²) in [6, 6.07) is 6.76. The van der Waals surface area contributed by atoms with Crippen LogP contribution in [0.25, 0.3) is 0 Å². The van der Waals surface area contributed by atoms with Crippen molar-refractivity contribution < 1.29 is 14.3 Å². The number of aliphatic carboxylic acids is 1. The van der Waals surface area contributed by atoms with E-state index in [-0.39, 0.29) is 18.3 Å². The third-order valence-electron chi connectivity index (χ3n) is 3.61. The zero-order valence-corrected chi connectivity index (χ0v) is 10.5. The minimum atomic E-state index is -0.785. The van der Waals surface area contributed by atoms with Crippen LogP contribution >= 0.6 is 0 Å². The van der Waals surface area contributed by atoms with Crippen LogP contribution in [0, 0.1) is 11.7 Å². The third-order valence-corrected chi connectivity index (χ3v) is 3.61. The highest BCUT2D eigenvalue weighted by molar-refractivity contribution is 5.66. The smallest absolute Gasteiger partial charge is 0.304 e. The summed E-state index contributed by atoms with van der Waals surface area (Å²) >= 11 is 0. The molecular weight excluding hydrogens is 233 g/mol. The lowest BCUT2D eigenvalue weighted by Gasteiger charge is -2.26. The average Bonchev–Trinajstić information content (AvgIpc) is 2.68. The molecule has 0 amide bonds. The molecule has 98 valence electrons. The Bertz CT molecular complexity index is 436. The summed E-state index contributed by atoms with van der Waals surface area (Å²) in [5.74, 6) is -0.585. The second kappa shape index (κ2) is 5.48. The van der Waals surface area contributed by atoms with Crippen LogP contribution in [-0.4, -0.2) is 29.1 Å². The second-order valence-corrected chi connectivity index (χ2v) is 4.95. The first-order chi connectivity index (χ1) is 8.58. The summed E-state index contributed by atoms with van der Waals surface area (Å²) < 4.78 is 13.3. The largest absolute Gasteiger partial charge is 0.481 e. The van der Waals surface area contributed by atoms with Crippen LogP contribution < -0.4 is 0 Å². The van der Waals surface area contributed by atoms with Crippen molar-refractivity contribution in [2.75, 3.05) is 13.1 Å². The average molecular weight is 251 g/mol. The first kappa shape index (κ1) is 13.0. The maximum atomic E-state index is 13.3. The molecule has 0 unspecified atom stereocenters. The van der Waals surface area contributed by atoms with E-state index in [0.29, 0.717) is 12.5 Å². The maximum Gasteiger partial charge on any atom is 0.304 e. The van der Waals surface area contributed by atoms with Crippen LogP contribution in [0.5, 0.6) is 0 Å². The summed E-state index contributed by atoms with van der Waals surface area (Å²) in [5, 5.41) is 8.75. The van der Waals surface area contributed by atoms with Gasteiger partial charge >= 0.3 is 5.97 Å². The number of nitrogens with zero attached hydrogens (tertiary/aromatic N) is 1. The van der Waals surface area contributed by atoms with E-state index in [1.807, 2.05) is 6.07 Å². The fourth-order valence-electron chi connectivity index (χ4n) is 2.75. The van der Waals surface area contributed by atoms with Crippen LogP contribution in [0.4, 0.5) is 4.39 Å². The molecule has 3 nitrogen and oxygen atoms in total. The molecule has 0 aliphatic carbocycles. The van der Waals surface area contributed by atoms with E-state index in [0.717, 1.165) is 18.5 Å². The number of benzene rings is 1. The molecule has 1 saturated heterocycles. The lowest BCUT2D eigenvalue weighted by atomic mass is 9.95. The minimum Gasteiger partial charge on any atom is -0.481 e. The Balaban J connectivity index is 2.14. The third kappa shape index (κ3) is 2.88. The van der Waals surface area contributed by atoms with Crippen molar-refractivity contribution in [1.29, 1.82) is 0 Å². The lowest BCUT2D eigenvalue weighted by Crippen LogP contribution is -2.27. The zero-order chi connectivity index (χ0) is 13.1. The molecule has 0 radical (unpaired) electrons. The Morgan fingerprint density at radius 1 is 1.56 bits per heavy atom. The highest BCUT2D eigenvalue weighted by Crippen LogP contribution is 2.36. The summed E-state index contributed by atoms with van der Waals surface area (Å²) in [6.45, 7) is 3.55. The fraction of sp³-hybridized carbons (Fsp3) is 0.500. The lowest BCUT2D eigenvalue weighted by molar-refractivity contribution is -0.137. The molecule has 1 heterocycles. The quantitative estimate of drug-likeness (QED) is 0.894. The van der Waals surface area contributed by atoms with Crippen molar-refractivity contribution in [3.63, 3.8) is 0 Å². The number of carboxylic acid groups (broad SMARTS) is 1. The number of hydrogen-bond donors (Lipinski definition) is 1. The van der Waals surface area contributed by atoms with Gasteiger partial charge in [-0.15, -0.1) is 0 Å². The van der Waals surface area contributed by atoms with Gasteiger partial charge < -0.3 is 5.11 Å². The van der Waals surface area contributed by atoms with Crippen LogP contribution in [0.1, 0.15) is 31.4 Å². The van der Waals surface area contributed by atoms with Gasteiger partial charge in [0.2, 0.25) is 0 Å². The summed E-state index contributed by atoms with van der Waals surface area (Å²) in [7, 11) is 0. The Hall–Kier alpha value is -1.42. The predicted molar refractivity (Wildman–Crippen MR) is 66.7 cm³/mol. The molecule has 0 saturated carbocycles. The topological polar surface area (TPSA) is 40.5 Å². The van der Waals surface area contributed by atoms with Crippen molar-refractivity contribution in [2.24, 2.45) is 5.92 Å². The normalized spacial score (nSPS) is 24.3. The van der Waals surface area contributed by atoms with Crippen molar-refractivity contribution >= 4 is 5.97 Å². The first-order valence-electron chi connectivity index (χ1n) is 6.29. The second-order valence-electron chi connectivity index (χ2n) is 4.95. The molecule has 0 aromatic heterocycles. The van der Waals surface area contributed by atoms with Gasteiger partial charge in [-0.2, -0.15) is 0 Å². The molecule has 1 aromatic carbocycles. The molecule has 0 spiro atoms. The Morgan fingerprint density at radius 3 is 3.00 bits per heavy atom. The van der Waals surface area contributed by atoms with E-state index in [4.69, 9.17) is 5.11 Å².